The summed E-state index contributed by atoms with van der Waals surface area (Å²) >= 11 is 0. The summed E-state index contributed by atoms with van der Waals surface area (Å²) in [6, 6.07) is 0. The van der Waals surface area contributed by atoms with Crippen LogP contribution in [-0.2, 0) is 14.4 Å². The van der Waals surface area contributed by atoms with Crippen molar-refractivity contribution in [2.24, 2.45) is 11.8 Å². The molecule has 2 unspecified atom stereocenters. The van der Waals surface area contributed by atoms with Crippen LogP contribution in [-0.4, -0.2) is 47.2 Å². The van der Waals surface area contributed by atoms with Gasteiger partial charge in [-0.15, -0.1) is 13.2 Å². The average molecular weight is 290 g/mol. The maximum atomic E-state index is 12.3. The number of nitrogens with zero attached hydrogens (tertiary/aromatic N) is 2. The third kappa shape index (κ3) is 3.06. The van der Waals surface area contributed by atoms with E-state index in [1.807, 2.05) is 0 Å². The number of carbonyl (C=O) groups is 3. The van der Waals surface area contributed by atoms with E-state index in [1.54, 1.807) is 12.2 Å². The highest BCUT2D eigenvalue weighted by Crippen LogP contribution is 2.37. The van der Waals surface area contributed by atoms with Gasteiger partial charge in [-0.05, 0) is 12.8 Å². The van der Waals surface area contributed by atoms with Crippen molar-refractivity contribution in [3.8, 4) is 0 Å². The van der Waals surface area contributed by atoms with Gasteiger partial charge in [0.2, 0.25) is 17.7 Å². The molecule has 0 spiro atoms. The van der Waals surface area contributed by atoms with E-state index in [0.717, 1.165) is 30.6 Å². The van der Waals surface area contributed by atoms with E-state index in [1.165, 1.54) is 4.90 Å². The van der Waals surface area contributed by atoms with Crippen LogP contribution >= 0.6 is 0 Å². The molecule has 2 atom stereocenters. The summed E-state index contributed by atoms with van der Waals surface area (Å²) in [5.41, 5.74) is 0. The summed E-state index contributed by atoms with van der Waals surface area (Å²) in [7, 11) is 0. The first kappa shape index (κ1) is 15.5. The molecule has 2 aliphatic rings. The molecule has 0 aromatic carbocycles. The molecule has 21 heavy (non-hydrogen) atoms. The first-order chi connectivity index (χ1) is 10.1. The van der Waals surface area contributed by atoms with Gasteiger partial charge >= 0.3 is 0 Å². The molecule has 1 heterocycles. The Kier molecular flexibility index (Phi) is 4.94. The standard InChI is InChI=1S/C16H22N2O3/c1-3-9-17(10-4-2)14(19)11-18-15(20)12-7-5-6-8-13(12)16(18)21/h3-4,12-13H,1-2,5-11H2. The van der Waals surface area contributed by atoms with Gasteiger partial charge in [0.15, 0.2) is 0 Å². The Hall–Kier alpha value is -1.91. The summed E-state index contributed by atoms with van der Waals surface area (Å²) < 4.78 is 0. The van der Waals surface area contributed by atoms with E-state index < -0.39 is 0 Å². The lowest BCUT2D eigenvalue weighted by atomic mass is 9.81. The summed E-state index contributed by atoms with van der Waals surface area (Å²) in [6.07, 6.45) is 6.75. The van der Waals surface area contributed by atoms with Crippen molar-refractivity contribution in [3.05, 3.63) is 25.3 Å². The Morgan fingerprint density at radius 1 is 1.10 bits per heavy atom. The zero-order chi connectivity index (χ0) is 15.4. The Morgan fingerprint density at radius 3 is 2.00 bits per heavy atom. The summed E-state index contributed by atoms with van der Waals surface area (Å²) in [5.74, 6) is -0.988. The molecule has 3 amide bonds. The molecule has 1 aliphatic heterocycles. The van der Waals surface area contributed by atoms with Gasteiger partial charge < -0.3 is 4.90 Å². The van der Waals surface area contributed by atoms with Crippen LogP contribution in [0.15, 0.2) is 25.3 Å². The summed E-state index contributed by atoms with van der Waals surface area (Å²) in [6.45, 7) is 7.83. The first-order valence-electron chi connectivity index (χ1n) is 7.45. The van der Waals surface area contributed by atoms with Crippen LogP contribution in [0, 0.1) is 11.8 Å². The molecule has 2 fully saturated rings. The minimum atomic E-state index is -0.241. The van der Waals surface area contributed by atoms with Gasteiger partial charge in [-0.2, -0.15) is 0 Å². The maximum absolute atomic E-state index is 12.3. The number of fused-ring (bicyclic) bond motifs is 1. The van der Waals surface area contributed by atoms with Crippen molar-refractivity contribution < 1.29 is 14.4 Å². The molecule has 0 aromatic heterocycles. The number of carbonyl (C=O) groups excluding carboxylic acids is 3. The lowest BCUT2D eigenvalue weighted by Gasteiger charge is -2.22. The number of imide groups is 1. The van der Waals surface area contributed by atoms with Crippen LogP contribution in [0.2, 0.25) is 0 Å². The van der Waals surface area contributed by atoms with Crippen molar-refractivity contribution in [2.75, 3.05) is 19.6 Å². The fourth-order valence-corrected chi connectivity index (χ4v) is 3.21. The quantitative estimate of drug-likeness (QED) is 0.548. The van der Waals surface area contributed by atoms with E-state index in [-0.39, 0.29) is 36.1 Å². The highest BCUT2D eigenvalue weighted by molar-refractivity contribution is 6.07. The fraction of sp³-hybridized carbons (Fsp3) is 0.562. The van der Waals surface area contributed by atoms with Crippen LogP contribution in [0.1, 0.15) is 25.7 Å². The number of hydrogen-bond acceptors (Lipinski definition) is 3. The van der Waals surface area contributed by atoms with Gasteiger partial charge in [-0.25, -0.2) is 0 Å². The second-order valence-electron chi connectivity index (χ2n) is 5.64. The molecule has 1 saturated heterocycles. The summed E-state index contributed by atoms with van der Waals surface area (Å²) in [5, 5.41) is 0. The van der Waals surface area contributed by atoms with E-state index in [4.69, 9.17) is 0 Å². The SMILES string of the molecule is C=CCN(CC=C)C(=O)CN1C(=O)C2CCCCC2C1=O. The molecule has 1 aliphatic carbocycles. The van der Waals surface area contributed by atoms with Crippen molar-refractivity contribution in [1.29, 1.82) is 0 Å². The molecule has 5 nitrogen and oxygen atoms in total. The second kappa shape index (κ2) is 6.70. The zero-order valence-corrected chi connectivity index (χ0v) is 12.3. The van der Waals surface area contributed by atoms with Crippen molar-refractivity contribution >= 4 is 17.7 Å². The largest absolute Gasteiger partial charge is 0.334 e. The molecule has 5 heteroatoms. The number of rotatable bonds is 6. The Balaban J connectivity index is 2.05. The van der Waals surface area contributed by atoms with Crippen LogP contribution in [0.4, 0.5) is 0 Å². The number of hydrogen-bond donors (Lipinski definition) is 0. The van der Waals surface area contributed by atoms with Gasteiger partial charge in [-0.3, -0.25) is 19.3 Å². The lowest BCUT2D eigenvalue weighted by molar-refractivity contribution is -0.146. The van der Waals surface area contributed by atoms with Crippen LogP contribution in [0.5, 0.6) is 0 Å². The van der Waals surface area contributed by atoms with Crippen molar-refractivity contribution in [1.82, 2.24) is 9.80 Å². The minimum Gasteiger partial charge on any atom is -0.334 e. The maximum Gasteiger partial charge on any atom is 0.243 e. The Bertz CT molecular complexity index is 438. The Labute approximate surface area is 125 Å². The number of amides is 3. The smallest absolute Gasteiger partial charge is 0.243 e. The molecule has 1 saturated carbocycles. The fourth-order valence-electron chi connectivity index (χ4n) is 3.21. The van der Waals surface area contributed by atoms with Gasteiger partial charge in [0, 0.05) is 13.1 Å². The van der Waals surface area contributed by atoms with Crippen molar-refractivity contribution in [3.63, 3.8) is 0 Å². The summed E-state index contributed by atoms with van der Waals surface area (Å²) in [4.78, 5) is 39.6. The van der Waals surface area contributed by atoms with Crippen LogP contribution < -0.4 is 0 Å². The second-order valence-corrected chi connectivity index (χ2v) is 5.64. The topological polar surface area (TPSA) is 57.7 Å². The van der Waals surface area contributed by atoms with E-state index in [9.17, 15) is 14.4 Å². The molecule has 2 rings (SSSR count). The average Bonchev–Trinajstić information content (AvgIpc) is 2.72. The first-order valence-corrected chi connectivity index (χ1v) is 7.45. The van der Waals surface area contributed by atoms with Crippen molar-refractivity contribution in [2.45, 2.75) is 25.7 Å². The van der Waals surface area contributed by atoms with E-state index in [2.05, 4.69) is 13.2 Å². The third-order valence-electron chi connectivity index (χ3n) is 4.28. The lowest BCUT2D eigenvalue weighted by Crippen LogP contribution is -2.43. The van der Waals surface area contributed by atoms with Crippen LogP contribution in [0.25, 0.3) is 0 Å². The molecule has 0 bridgehead atoms. The normalized spacial score (nSPS) is 24.7. The zero-order valence-electron chi connectivity index (χ0n) is 12.3. The molecule has 0 aromatic rings. The predicted octanol–water partition coefficient (Wildman–Crippen LogP) is 1.36. The Morgan fingerprint density at radius 2 is 1.57 bits per heavy atom. The van der Waals surface area contributed by atoms with E-state index >= 15 is 0 Å². The molecular formula is C16H22N2O3. The predicted molar refractivity (Wildman–Crippen MR) is 79.1 cm³/mol. The van der Waals surface area contributed by atoms with Gasteiger partial charge in [-0.1, -0.05) is 25.0 Å². The molecule has 0 radical (unpaired) electrons. The molecule has 114 valence electrons. The highest BCUT2D eigenvalue weighted by Gasteiger charge is 2.48. The highest BCUT2D eigenvalue weighted by atomic mass is 16.2. The molecular weight excluding hydrogens is 268 g/mol. The van der Waals surface area contributed by atoms with Gasteiger partial charge in [0.1, 0.15) is 6.54 Å². The minimum absolute atomic E-state index is 0.160. The van der Waals surface area contributed by atoms with Gasteiger partial charge in [0.25, 0.3) is 0 Å². The van der Waals surface area contributed by atoms with Gasteiger partial charge in [0.05, 0.1) is 11.8 Å². The van der Waals surface area contributed by atoms with Crippen LogP contribution in [0.3, 0.4) is 0 Å². The third-order valence-corrected chi connectivity index (χ3v) is 4.28. The monoisotopic (exact) mass is 290 g/mol. The molecule has 0 N–H and O–H groups in total. The number of likely N-dealkylation sites (tertiary alicyclic amines) is 1. The van der Waals surface area contributed by atoms with E-state index in [0.29, 0.717) is 13.1 Å².